The van der Waals surface area contributed by atoms with E-state index in [-0.39, 0.29) is 29.2 Å². The van der Waals surface area contributed by atoms with Gasteiger partial charge in [-0.2, -0.15) is 5.48 Å². The molecule has 7 heteroatoms. The number of hydrogen-bond donors (Lipinski definition) is 3. The van der Waals surface area contributed by atoms with Gasteiger partial charge in [0.25, 0.3) is 5.91 Å². The molecule has 7 nitrogen and oxygen atoms in total. The highest BCUT2D eigenvalue weighted by Gasteiger charge is 2.14. The molecule has 0 saturated heterocycles. The summed E-state index contributed by atoms with van der Waals surface area (Å²) >= 11 is 0. The predicted octanol–water partition coefficient (Wildman–Crippen LogP) is 3.15. The summed E-state index contributed by atoms with van der Waals surface area (Å²) in [5, 5.41) is 11.5. The SMILES string of the molecule is CC(CCC(=O)NOC(=O)NCC(C)(C)C)Cc1ccc(C(=O)O)cc1. The molecule has 0 aliphatic heterocycles. The summed E-state index contributed by atoms with van der Waals surface area (Å²) in [5.74, 6) is -1.08. The van der Waals surface area contributed by atoms with E-state index in [1.807, 2.05) is 27.7 Å². The summed E-state index contributed by atoms with van der Waals surface area (Å²) in [5.41, 5.74) is 3.34. The van der Waals surface area contributed by atoms with Crippen LogP contribution in [0.4, 0.5) is 4.79 Å². The molecule has 0 saturated carbocycles. The first-order valence-corrected chi connectivity index (χ1v) is 8.62. The van der Waals surface area contributed by atoms with Crippen molar-refractivity contribution in [1.82, 2.24) is 10.8 Å². The summed E-state index contributed by atoms with van der Waals surface area (Å²) in [6.45, 7) is 8.38. The number of carbonyl (C=O) groups excluding carboxylic acids is 2. The van der Waals surface area contributed by atoms with E-state index in [2.05, 4.69) is 15.6 Å². The third-order valence-corrected chi connectivity index (χ3v) is 3.67. The molecular formula is C19H28N2O5. The molecule has 1 unspecified atom stereocenters. The number of nitrogens with one attached hydrogen (secondary N) is 2. The van der Waals surface area contributed by atoms with E-state index in [0.717, 1.165) is 12.0 Å². The average Bonchev–Trinajstić information content (AvgIpc) is 2.56. The van der Waals surface area contributed by atoms with Gasteiger partial charge in [0.05, 0.1) is 5.56 Å². The summed E-state index contributed by atoms with van der Waals surface area (Å²) in [7, 11) is 0. The Morgan fingerprint density at radius 3 is 2.31 bits per heavy atom. The van der Waals surface area contributed by atoms with Gasteiger partial charge in [-0.1, -0.05) is 39.8 Å². The van der Waals surface area contributed by atoms with Gasteiger partial charge in [0.1, 0.15) is 0 Å². The Morgan fingerprint density at radius 1 is 1.15 bits per heavy atom. The average molecular weight is 364 g/mol. The molecule has 0 radical (unpaired) electrons. The molecule has 3 N–H and O–H groups in total. The van der Waals surface area contributed by atoms with Crippen LogP contribution in [0.15, 0.2) is 24.3 Å². The van der Waals surface area contributed by atoms with E-state index in [1.54, 1.807) is 24.3 Å². The molecule has 0 aromatic heterocycles. The van der Waals surface area contributed by atoms with Crippen LogP contribution in [0.2, 0.25) is 0 Å². The maximum Gasteiger partial charge on any atom is 0.431 e. The van der Waals surface area contributed by atoms with E-state index < -0.39 is 12.1 Å². The van der Waals surface area contributed by atoms with Crippen LogP contribution in [0.5, 0.6) is 0 Å². The zero-order valence-corrected chi connectivity index (χ0v) is 15.8. The van der Waals surface area contributed by atoms with Gasteiger partial charge in [-0.15, -0.1) is 0 Å². The number of carboxylic acids is 1. The molecule has 0 aliphatic carbocycles. The Labute approximate surface area is 154 Å². The fourth-order valence-electron chi connectivity index (χ4n) is 2.19. The topological polar surface area (TPSA) is 105 Å². The molecule has 1 rings (SSSR count). The lowest BCUT2D eigenvalue weighted by Gasteiger charge is -2.18. The largest absolute Gasteiger partial charge is 0.478 e. The fraction of sp³-hybridized carbons (Fsp3) is 0.526. The number of amides is 2. The number of hydroxylamine groups is 1. The molecule has 26 heavy (non-hydrogen) atoms. The van der Waals surface area contributed by atoms with Crippen molar-refractivity contribution in [2.75, 3.05) is 6.54 Å². The van der Waals surface area contributed by atoms with Gasteiger partial charge in [0, 0.05) is 13.0 Å². The van der Waals surface area contributed by atoms with Crippen LogP contribution in [0.1, 0.15) is 56.5 Å². The molecule has 0 aliphatic rings. The van der Waals surface area contributed by atoms with E-state index >= 15 is 0 Å². The number of aromatic carboxylic acids is 1. The highest BCUT2D eigenvalue weighted by Crippen LogP contribution is 2.15. The molecule has 1 atom stereocenters. The van der Waals surface area contributed by atoms with Gasteiger partial charge < -0.3 is 15.3 Å². The summed E-state index contributed by atoms with van der Waals surface area (Å²) in [4.78, 5) is 38.7. The van der Waals surface area contributed by atoms with Gasteiger partial charge in [-0.25, -0.2) is 9.59 Å². The zero-order valence-electron chi connectivity index (χ0n) is 15.8. The Kier molecular flexibility index (Phi) is 8.09. The maximum absolute atomic E-state index is 11.7. The second kappa shape index (κ2) is 9.79. The van der Waals surface area contributed by atoms with Crippen molar-refractivity contribution < 1.29 is 24.3 Å². The molecule has 0 heterocycles. The minimum atomic E-state index is -0.951. The molecule has 1 aromatic rings. The molecule has 0 fully saturated rings. The Morgan fingerprint density at radius 2 is 1.77 bits per heavy atom. The van der Waals surface area contributed by atoms with Gasteiger partial charge >= 0.3 is 12.1 Å². The van der Waals surface area contributed by atoms with Crippen LogP contribution in [-0.2, 0) is 16.1 Å². The number of hydrogen-bond acceptors (Lipinski definition) is 4. The lowest BCUT2D eigenvalue weighted by Crippen LogP contribution is -2.37. The lowest BCUT2D eigenvalue weighted by molar-refractivity contribution is -0.129. The number of carboxylic acid groups (broad SMARTS) is 1. The standard InChI is InChI=1S/C19H28N2O5/c1-13(11-14-6-8-15(9-7-14)17(23)24)5-10-16(22)21-26-18(25)20-12-19(2,3)4/h6-9,13H,5,10-12H2,1-4H3,(H,20,25)(H,21,22)(H,23,24). The first-order chi connectivity index (χ1) is 12.1. The van der Waals surface area contributed by atoms with E-state index in [9.17, 15) is 14.4 Å². The molecule has 0 spiro atoms. The normalized spacial score (nSPS) is 12.2. The van der Waals surface area contributed by atoms with Crippen molar-refractivity contribution in [3.63, 3.8) is 0 Å². The summed E-state index contributed by atoms with van der Waals surface area (Å²) in [6, 6.07) is 6.70. The fourth-order valence-corrected chi connectivity index (χ4v) is 2.19. The lowest BCUT2D eigenvalue weighted by atomic mass is 9.96. The van der Waals surface area contributed by atoms with Crippen molar-refractivity contribution >= 4 is 18.0 Å². The molecular weight excluding hydrogens is 336 g/mol. The van der Waals surface area contributed by atoms with Crippen molar-refractivity contribution in [3.8, 4) is 0 Å². The quantitative estimate of drug-likeness (QED) is 0.645. The van der Waals surface area contributed by atoms with Crippen molar-refractivity contribution in [2.24, 2.45) is 11.3 Å². The number of rotatable bonds is 7. The molecule has 144 valence electrons. The van der Waals surface area contributed by atoms with E-state index in [0.29, 0.717) is 13.0 Å². The monoisotopic (exact) mass is 364 g/mol. The van der Waals surface area contributed by atoms with Crippen molar-refractivity contribution in [2.45, 2.75) is 47.0 Å². The smallest absolute Gasteiger partial charge is 0.431 e. The van der Waals surface area contributed by atoms with Crippen molar-refractivity contribution in [1.29, 1.82) is 0 Å². The van der Waals surface area contributed by atoms with E-state index in [4.69, 9.17) is 5.11 Å². The van der Waals surface area contributed by atoms with Crippen LogP contribution in [-0.4, -0.2) is 29.6 Å². The van der Waals surface area contributed by atoms with E-state index in [1.165, 1.54) is 0 Å². The third-order valence-electron chi connectivity index (χ3n) is 3.67. The summed E-state index contributed by atoms with van der Waals surface area (Å²) < 4.78 is 0. The van der Waals surface area contributed by atoms with Gasteiger partial charge in [-0.05, 0) is 41.9 Å². The van der Waals surface area contributed by atoms with Gasteiger partial charge in [0.2, 0.25) is 0 Å². The predicted molar refractivity (Wildman–Crippen MR) is 97.6 cm³/mol. The van der Waals surface area contributed by atoms with Crippen LogP contribution in [0, 0.1) is 11.3 Å². The minimum Gasteiger partial charge on any atom is -0.478 e. The molecule has 2 amide bonds. The minimum absolute atomic E-state index is 0.0683. The van der Waals surface area contributed by atoms with Crippen LogP contribution < -0.4 is 10.8 Å². The van der Waals surface area contributed by atoms with Crippen molar-refractivity contribution in [3.05, 3.63) is 35.4 Å². The first-order valence-electron chi connectivity index (χ1n) is 8.62. The Hall–Kier alpha value is -2.57. The highest BCUT2D eigenvalue weighted by atomic mass is 16.7. The van der Waals surface area contributed by atoms with Gasteiger partial charge in [-0.3, -0.25) is 4.79 Å². The summed E-state index contributed by atoms with van der Waals surface area (Å²) in [6.07, 6.45) is 0.917. The maximum atomic E-state index is 11.7. The molecule has 1 aromatic carbocycles. The number of benzene rings is 1. The Bertz CT molecular complexity index is 620. The Balaban J connectivity index is 2.27. The molecule has 0 bridgehead atoms. The first kappa shape index (κ1) is 21.5. The second-order valence-corrected chi connectivity index (χ2v) is 7.68. The third kappa shape index (κ3) is 9.05. The zero-order chi connectivity index (χ0) is 19.7. The second-order valence-electron chi connectivity index (χ2n) is 7.68. The van der Waals surface area contributed by atoms with Crippen LogP contribution in [0.3, 0.4) is 0 Å². The van der Waals surface area contributed by atoms with Crippen LogP contribution in [0.25, 0.3) is 0 Å². The van der Waals surface area contributed by atoms with Crippen LogP contribution >= 0.6 is 0 Å². The number of carbonyl (C=O) groups is 3. The highest BCUT2D eigenvalue weighted by molar-refractivity contribution is 5.87. The van der Waals surface area contributed by atoms with Gasteiger partial charge in [0.15, 0.2) is 0 Å².